The van der Waals surface area contributed by atoms with E-state index in [1.54, 1.807) is 4.68 Å². The monoisotopic (exact) mass is 328 g/mol. The van der Waals surface area contributed by atoms with Gasteiger partial charge in [-0.25, -0.2) is 4.68 Å². The Balaban J connectivity index is 2.44. The van der Waals surface area contributed by atoms with Gasteiger partial charge in [0, 0.05) is 6.42 Å². The van der Waals surface area contributed by atoms with Crippen molar-refractivity contribution in [2.75, 3.05) is 11.1 Å². The molecular formula is C17H20N4OS. The van der Waals surface area contributed by atoms with Gasteiger partial charge in [-0.3, -0.25) is 4.79 Å². The van der Waals surface area contributed by atoms with Crippen molar-refractivity contribution in [2.45, 2.75) is 32.2 Å². The van der Waals surface area contributed by atoms with E-state index in [0.29, 0.717) is 17.8 Å². The largest absolute Gasteiger partial charge is 0.308 e. The number of anilines is 1. The average Bonchev–Trinajstić information content (AvgIpc) is 2.85. The molecular weight excluding hydrogens is 308 g/mol. The van der Waals surface area contributed by atoms with Crippen LogP contribution in [-0.2, 0) is 4.79 Å². The van der Waals surface area contributed by atoms with Gasteiger partial charge in [0.2, 0.25) is 5.91 Å². The Bertz CT molecular complexity index is 716. The fraction of sp³-hybridized carbons (Fsp3) is 0.353. The van der Waals surface area contributed by atoms with Gasteiger partial charge in [-0.1, -0.05) is 39.0 Å². The highest BCUT2D eigenvalue weighted by atomic mass is 32.2. The lowest BCUT2D eigenvalue weighted by atomic mass is 10.1. The van der Waals surface area contributed by atoms with Gasteiger partial charge in [-0.2, -0.15) is 5.26 Å². The van der Waals surface area contributed by atoms with Gasteiger partial charge in [0.15, 0.2) is 5.82 Å². The van der Waals surface area contributed by atoms with Crippen LogP contribution < -0.4 is 5.32 Å². The van der Waals surface area contributed by atoms with Crippen molar-refractivity contribution in [1.82, 2.24) is 9.78 Å². The summed E-state index contributed by atoms with van der Waals surface area (Å²) >= 11 is 1.54. The van der Waals surface area contributed by atoms with Gasteiger partial charge in [-0.05, 0) is 23.8 Å². The molecule has 23 heavy (non-hydrogen) atoms. The minimum Gasteiger partial charge on any atom is -0.308 e. The maximum Gasteiger partial charge on any atom is 0.225 e. The third-order valence-electron chi connectivity index (χ3n) is 3.09. The highest BCUT2D eigenvalue weighted by Gasteiger charge is 2.20. The first-order valence-corrected chi connectivity index (χ1v) is 8.56. The molecule has 1 aromatic carbocycles. The fourth-order valence-corrected chi connectivity index (χ4v) is 2.99. The molecule has 1 amide bonds. The summed E-state index contributed by atoms with van der Waals surface area (Å²) in [7, 11) is 0. The van der Waals surface area contributed by atoms with Crippen LogP contribution in [-0.4, -0.2) is 21.4 Å². The van der Waals surface area contributed by atoms with Crippen LogP contribution in [0.3, 0.4) is 0 Å². The Kier molecular flexibility index (Phi) is 5.83. The topological polar surface area (TPSA) is 70.7 Å². The van der Waals surface area contributed by atoms with Gasteiger partial charge < -0.3 is 5.32 Å². The fourth-order valence-electron chi connectivity index (χ4n) is 2.16. The lowest BCUT2D eigenvalue weighted by Crippen LogP contribution is -2.15. The number of hydrogen-bond donors (Lipinski definition) is 1. The number of para-hydroxylation sites is 1. The van der Waals surface area contributed by atoms with E-state index in [2.05, 4.69) is 16.5 Å². The summed E-state index contributed by atoms with van der Waals surface area (Å²) in [6.45, 7) is 5.97. The third kappa shape index (κ3) is 4.14. The average molecular weight is 328 g/mol. The van der Waals surface area contributed by atoms with E-state index in [0.717, 1.165) is 16.5 Å². The van der Waals surface area contributed by atoms with Crippen molar-refractivity contribution in [1.29, 1.82) is 5.26 Å². The summed E-state index contributed by atoms with van der Waals surface area (Å²) in [6, 6.07) is 11.8. The summed E-state index contributed by atoms with van der Waals surface area (Å²) in [6.07, 6.45) is 0.402. The van der Waals surface area contributed by atoms with Crippen molar-refractivity contribution in [3.8, 4) is 11.8 Å². The van der Waals surface area contributed by atoms with Crippen molar-refractivity contribution >= 4 is 23.5 Å². The standard InChI is InChI=1S/C17H20N4OS/c1-4-23-17-14(11-18)16(19-15(22)10-12(2)3)20-21(17)13-8-6-5-7-9-13/h5-9,12H,4,10H2,1-3H3,(H,19,20,22). The maximum atomic E-state index is 12.0. The van der Waals surface area contributed by atoms with E-state index >= 15 is 0 Å². The van der Waals surface area contributed by atoms with E-state index in [-0.39, 0.29) is 11.8 Å². The molecule has 0 saturated heterocycles. The molecule has 0 atom stereocenters. The van der Waals surface area contributed by atoms with Crippen molar-refractivity contribution < 1.29 is 4.79 Å². The molecule has 6 heteroatoms. The van der Waals surface area contributed by atoms with Crippen molar-refractivity contribution in [2.24, 2.45) is 5.92 Å². The number of nitriles is 1. The van der Waals surface area contributed by atoms with Crippen molar-refractivity contribution in [3.63, 3.8) is 0 Å². The molecule has 0 aliphatic rings. The first kappa shape index (κ1) is 17.1. The predicted molar refractivity (Wildman–Crippen MR) is 92.8 cm³/mol. The van der Waals surface area contributed by atoms with Crippen LogP contribution in [0.1, 0.15) is 32.8 Å². The molecule has 1 heterocycles. The van der Waals surface area contributed by atoms with Gasteiger partial charge >= 0.3 is 0 Å². The molecule has 0 saturated carbocycles. The van der Waals surface area contributed by atoms with Crippen LogP contribution in [0, 0.1) is 17.2 Å². The number of nitrogens with one attached hydrogen (secondary N) is 1. The number of nitrogens with zero attached hydrogens (tertiary/aromatic N) is 3. The molecule has 0 bridgehead atoms. The van der Waals surface area contributed by atoms with E-state index in [9.17, 15) is 10.1 Å². The molecule has 0 aliphatic heterocycles. The van der Waals surface area contributed by atoms with Crippen LogP contribution >= 0.6 is 11.8 Å². The zero-order chi connectivity index (χ0) is 16.8. The summed E-state index contributed by atoms with van der Waals surface area (Å²) in [5.74, 6) is 1.27. The zero-order valence-corrected chi connectivity index (χ0v) is 14.4. The van der Waals surface area contributed by atoms with E-state index in [1.165, 1.54) is 11.8 Å². The quantitative estimate of drug-likeness (QED) is 0.818. The molecule has 2 rings (SSSR count). The van der Waals surface area contributed by atoms with E-state index in [4.69, 9.17) is 0 Å². The number of amides is 1. The second kappa shape index (κ2) is 7.84. The van der Waals surface area contributed by atoms with Crippen LogP contribution in [0.4, 0.5) is 5.82 Å². The molecule has 0 fully saturated rings. The molecule has 0 unspecified atom stereocenters. The smallest absolute Gasteiger partial charge is 0.225 e. The number of carbonyl (C=O) groups excluding carboxylic acids is 1. The van der Waals surface area contributed by atoms with Gasteiger partial charge in [0.05, 0.1) is 5.69 Å². The SMILES string of the molecule is CCSc1c(C#N)c(NC(=O)CC(C)C)nn1-c1ccccc1. The Morgan fingerprint density at radius 1 is 1.39 bits per heavy atom. The molecule has 1 N–H and O–H groups in total. The molecule has 1 aromatic heterocycles. The molecule has 0 radical (unpaired) electrons. The number of rotatable bonds is 6. The Morgan fingerprint density at radius 2 is 2.09 bits per heavy atom. The predicted octanol–water partition coefficient (Wildman–Crippen LogP) is 3.84. The summed E-state index contributed by atoms with van der Waals surface area (Å²) in [5.41, 5.74) is 1.28. The first-order valence-electron chi connectivity index (χ1n) is 7.58. The highest BCUT2D eigenvalue weighted by Crippen LogP contribution is 2.30. The summed E-state index contributed by atoms with van der Waals surface area (Å²) in [5, 5.41) is 17.5. The molecule has 5 nitrogen and oxygen atoms in total. The van der Waals surface area contributed by atoms with Crippen molar-refractivity contribution in [3.05, 3.63) is 35.9 Å². The van der Waals surface area contributed by atoms with Crippen LogP contribution in [0.15, 0.2) is 35.4 Å². The van der Waals surface area contributed by atoms with Crippen LogP contribution in [0.2, 0.25) is 0 Å². The Hall–Kier alpha value is -2.26. The van der Waals surface area contributed by atoms with E-state index < -0.39 is 0 Å². The summed E-state index contributed by atoms with van der Waals surface area (Å²) in [4.78, 5) is 12.0. The molecule has 0 aliphatic carbocycles. The summed E-state index contributed by atoms with van der Waals surface area (Å²) < 4.78 is 1.72. The molecule has 0 spiro atoms. The van der Waals surface area contributed by atoms with Gasteiger partial charge in [0.1, 0.15) is 16.7 Å². The van der Waals surface area contributed by atoms with E-state index in [1.807, 2.05) is 51.1 Å². The molecule has 2 aromatic rings. The van der Waals surface area contributed by atoms with Gasteiger partial charge in [-0.15, -0.1) is 16.9 Å². The molecule has 120 valence electrons. The number of thioether (sulfide) groups is 1. The van der Waals surface area contributed by atoms with Crippen LogP contribution in [0.25, 0.3) is 5.69 Å². The first-order chi connectivity index (χ1) is 11.1. The Morgan fingerprint density at radius 3 is 2.65 bits per heavy atom. The lowest BCUT2D eigenvalue weighted by Gasteiger charge is -2.05. The number of benzene rings is 1. The third-order valence-corrected chi connectivity index (χ3v) is 4.03. The lowest BCUT2D eigenvalue weighted by molar-refractivity contribution is -0.116. The number of carbonyl (C=O) groups is 1. The second-order valence-corrected chi connectivity index (χ2v) is 6.72. The normalized spacial score (nSPS) is 10.6. The maximum absolute atomic E-state index is 12.0. The number of hydrogen-bond acceptors (Lipinski definition) is 4. The number of aromatic nitrogens is 2. The van der Waals surface area contributed by atoms with Crippen LogP contribution in [0.5, 0.6) is 0 Å². The minimum atomic E-state index is -0.123. The highest BCUT2D eigenvalue weighted by molar-refractivity contribution is 7.99. The Labute approximate surface area is 140 Å². The zero-order valence-electron chi connectivity index (χ0n) is 13.5. The minimum absolute atomic E-state index is 0.123. The second-order valence-electron chi connectivity index (χ2n) is 5.47. The van der Waals surface area contributed by atoms with Gasteiger partial charge in [0.25, 0.3) is 0 Å².